The number of nitrogens with one attached hydrogen (secondary N) is 1. The molecule has 7 nitrogen and oxygen atoms in total. The summed E-state index contributed by atoms with van der Waals surface area (Å²) in [6.07, 6.45) is -4.47. The molecular weight excluding hydrogens is 541 g/mol. The molecule has 2 aromatic carbocycles. The average molecular weight is 565 g/mol. The number of alkyl halides is 3. The molecule has 1 N–H and O–H groups in total. The maximum atomic E-state index is 12.9. The number of nitrogens with zero attached hydrogens (tertiary/aromatic N) is 1. The van der Waals surface area contributed by atoms with Gasteiger partial charge in [0.05, 0.1) is 0 Å². The molecule has 1 aliphatic rings. The molecule has 1 aliphatic heterocycles. The standard InChI is InChI=1S/C22H24BrF3N2O5S/c1-21(2,3)33-20(29)28-10-8-14-4-6-17(12-15(14)9-11-28)27-34(30,31)19-7-5-16(23)13-18(19)32-22(24,25)26/h4-7,12-13,27H,8-11H2,1-3H3. The van der Waals surface area contributed by atoms with Crippen LogP contribution in [0.3, 0.4) is 0 Å². The maximum Gasteiger partial charge on any atom is 0.573 e. The van der Waals surface area contributed by atoms with Gasteiger partial charge in [-0.1, -0.05) is 22.0 Å². The van der Waals surface area contributed by atoms with E-state index in [1.165, 1.54) is 12.1 Å². The Balaban J connectivity index is 1.80. The Bertz CT molecular complexity index is 1180. The van der Waals surface area contributed by atoms with Crippen molar-refractivity contribution in [3.8, 4) is 5.75 Å². The van der Waals surface area contributed by atoms with Crippen molar-refractivity contribution in [2.45, 2.75) is 50.5 Å². The van der Waals surface area contributed by atoms with Crippen LogP contribution in [-0.2, 0) is 27.6 Å². The summed E-state index contributed by atoms with van der Waals surface area (Å²) in [5.41, 5.74) is 1.33. The molecule has 1 amide bonds. The second kappa shape index (κ2) is 9.65. The molecule has 0 unspecified atom stereocenters. The molecule has 186 valence electrons. The van der Waals surface area contributed by atoms with Crippen LogP contribution >= 0.6 is 15.9 Å². The average Bonchev–Trinajstić information content (AvgIpc) is 2.87. The number of ether oxygens (including phenoxy) is 2. The van der Waals surface area contributed by atoms with Gasteiger partial charge in [0.2, 0.25) is 0 Å². The van der Waals surface area contributed by atoms with Gasteiger partial charge in [0, 0.05) is 23.2 Å². The molecule has 1 heterocycles. The number of fused-ring (bicyclic) bond motifs is 1. The lowest BCUT2D eigenvalue weighted by Gasteiger charge is -2.26. The fraction of sp³-hybridized carbons (Fsp3) is 0.409. The van der Waals surface area contributed by atoms with Gasteiger partial charge in [-0.2, -0.15) is 0 Å². The Kier molecular flexibility index (Phi) is 7.42. The van der Waals surface area contributed by atoms with Gasteiger partial charge in [0.25, 0.3) is 10.0 Å². The predicted molar refractivity (Wildman–Crippen MR) is 123 cm³/mol. The molecule has 2 aromatic rings. The van der Waals surface area contributed by atoms with Crippen LogP contribution in [0.4, 0.5) is 23.7 Å². The minimum atomic E-state index is -5.06. The van der Waals surface area contributed by atoms with Gasteiger partial charge in [-0.05, 0) is 75.1 Å². The molecule has 34 heavy (non-hydrogen) atoms. The van der Waals surface area contributed by atoms with Crippen LogP contribution in [0, 0.1) is 0 Å². The lowest BCUT2D eigenvalue weighted by Crippen LogP contribution is -2.38. The summed E-state index contributed by atoms with van der Waals surface area (Å²) in [6.45, 7) is 6.18. The molecule has 0 aliphatic carbocycles. The molecule has 0 aromatic heterocycles. The summed E-state index contributed by atoms with van der Waals surface area (Å²) in [7, 11) is -4.39. The fourth-order valence-electron chi connectivity index (χ4n) is 3.42. The van der Waals surface area contributed by atoms with Gasteiger partial charge in [-0.25, -0.2) is 13.2 Å². The minimum Gasteiger partial charge on any atom is -0.444 e. The number of anilines is 1. The molecule has 0 saturated carbocycles. The van der Waals surface area contributed by atoms with Gasteiger partial charge in [0.15, 0.2) is 5.75 Å². The van der Waals surface area contributed by atoms with E-state index >= 15 is 0 Å². The fourth-order valence-corrected chi connectivity index (χ4v) is 4.92. The third-order valence-electron chi connectivity index (χ3n) is 4.83. The van der Waals surface area contributed by atoms with Gasteiger partial charge < -0.3 is 14.4 Å². The van der Waals surface area contributed by atoms with Crippen LogP contribution < -0.4 is 9.46 Å². The summed E-state index contributed by atoms with van der Waals surface area (Å²) in [5, 5.41) is 0. The Morgan fingerprint density at radius 2 is 1.68 bits per heavy atom. The zero-order valence-corrected chi connectivity index (χ0v) is 21.1. The lowest BCUT2D eigenvalue weighted by atomic mass is 10.0. The summed E-state index contributed by atoms with van der Waals surface area (Å²) in [5.74, 6) is -0.850. The van der Waals surface area contributed by atoms with E-state index in [-0.39, 0.29) is 10.2 Å². The summed E-state index contributed by atoms with van der Waals surface area (Å²) in [4.78, 5) is 13.3. The third-order valence-corrected chi connectivity index (χ3v) is 6.75. The van der Waals surface area contributed by atoms with Crippen molar-refractivity contribution < 1.29 is 35.9 Å². The quantitative estimate of drug-likeness (QED) is 0.531. The van der Waals surface area contributed by atoms with Crippen LogP contribution in [0.5, 0.6) is 5.75 Å². The normalized spacial score (nSPS) is 14.7. The van der Waals surface area contributed by atoms with Crippen LogP contribution in [0.15, 0.2) is 45.8 Å². The van der Waals surface area contributed by atoms with Crippen molar-refractivity contribution in [1.29, 1.82) is 0 Å². The van der Waals surface area contributed by atoms with Crippen molar-refractivity contribution in [2.24, 2.45) is 0 Å². The second-order valence-electron chi connectivity index (χ2n) is 8.70. The molecule has 0 radical (unpaired) electrons. The van der Waals surface area contributed by atoms with Crippen LogP contribution in [0.1, 0.15) is 31.9 Å². The SMILES string of the molecule is CC(C)(C)OC(=O)N1CCc2ccc(NS(=O)(=O)c3ccc(Br)cc3OC(F)(F)F)cc2CC1. The molecule has 0 fully saturated rings. The topological polar surface area (TPSA) is 84.9 Å². The molecule has 0 atom stereocenters. The summed E-state index contributed by atoms with van der Waals surface area (Å²) in [6, 6.07) is 8.15. The summed E-state index contributed by atoms with van der Waals surface area (Å²) >= 11 is 3.02. The number of benzene rings is 2. The number of carbonyl (C=O) groups is 1. The predicted octanol–water partition coefficient (Wildman–Crippen LogP) is 5.48. The third kappa shape index (κ3) is 7.02. The van der Waals surface area contributed by atoms with E-state index in [1.807, 2.05) is 0 Å². The minimum absolute atomic E-state index is 0.186. The highest BCUT2D eigenvalue weighted by molar-refractivity contribution is 9.10. The van der Waals surface area contributed by atoms with E-state index in [0.29, 0.717) is 25.9 Å². The van der Waals surface area contributed by atoms with Gasteiger partial charge in [-0.15, -0.1) is 13.2 Å². The van der Waals surface area contributed by atoms with Gasteiger partial charge in [-0.3, -0.25) is 4.72 Å². The molecule has 3 rings (SSSR count). The van der Waals surface area contributed by atoms with Crippen molar-refractivity contribution in [3.63, 3.8) is 0 Å². The highest BCUT2D eigenvalue weighted by Gasteiger charge is 2.34. The number of hydrogen-bond acceptors (Lipinski definition) is 5. The van der Waals surface area contributed by atoms with Crippen LogP contribution in [-0.4, -0.2) is 44.5 Å². The highest BCUT2D eigenvalue weighted by Crippen LogP contribution is 2.33. The maximum absolute atomic E-state index is 12.9. The van der Waals surface area contributed by atoms with E-state index in [0.717, 1.165) is 23.3 Å². The number of amides is 1. The number of sulfonamides is 1. The molecule has 0 spiro atoms. The molecule has 12 heteroatoms. The lowest BCUT2D eigenvalue weighted by molar-refractivity contribution is -0.275. The zero-order valence-electron chi connectivity index (χ0n) is 18.7. The Morgan fingerprint density at radius 3 is 2.29 bits per heavy atom. The molecule has 0 saturated heterocycles. The van der Waals surface area contributed by atoms with Crippen LogP contribution in [0.25, 0.3) is 0 Å². The number of rotatable bonds is 4. The Morgan fingerprint density at radius 1 is 1.03 bits per heavy atom. The monoisotopic (exact) mass is 564 g/mol. The number of carbonyl (C=O) groups excluding carboxylic acids is 1. The summed E-state index contributed by atoms with van der Waals surface area (Å²) < 4.78 is 76.0. The first kappa shape index (κ1) is 26.1. The number of hydrogen-bond donors (Lipinski definition) is 1. The van der Waals surface area contributed by atoms with E-state index in [9.17, 15) is 26.4 Å². The first-order chi connectivity index (χ1) is 15.6. The first-order valence-electron chi connectivity index (χ1n) is 10.3. The molecule has 0 bridgehead atoms. The van der Waals surface area contributed by atoms with E-state index in [1.54, 1.807) is 37.8 Å². The Labute approximate surface area is 204 Å². The largest absolute Gasteiger partial charge is 0.573 e. The Hall–Kier alpha value is -2.47. The van der Waals surface area contributed by atoms with Crippen LogP contribution in [0.2, 0.25) is 0 Å². The van der Waals surface area contributed by atoms with E-state index in [4.69, 9.17) is 4.74 Å². The van der Waals surface area contributed by atoms with Crippen molar-refractivity contribution in [1.82, 2.24) is 4.90 Å². The smallest absolute Gasteiger partial charge is 0.444 e. The van der Waals surface area contributed by atoms with Crippen molar-refractivity contribution in [3.05, 3.63) is 52.0 Å². The van der Waals surface area contributed by atoms with E-state index < -0.39 is 38.7 Å². The van der Waals surface area contributed by atoms with Gasteiger partial charge >= 0.3 is 12.5 Å². The van der Waals surface area contributed by atoms with E-state index in [2.05, 4.69) is 25.4 Å². The second-order valence-corrected chi connectivity index (χ2v) is 11.3. The zero-order chi connectivity index (χ0) is 25.3. The first-order valence-corrected chi connectivity index (χ1v) is 12.6. The number of halogens is 4. The van der Waals surface area contributed by atoms with Gasteiger partial charge in [0.1, 0.15) is 10.5 Å². The highest BCUT2D eigenvalue weighted by atomic mass is 79.9. The van der Waals surface area contributed by atoms with Crippen molar-refractivity contribution >= 4 is 37.7 Å². The van der Waals surface area contributed by atoms with Crippen molar-refractivity contribution in [2.75, 3.05) is 17.8 Å². The molecular formula is C22H24BrF3N2O5S.